The maximum atomic E-state index is 13.1. The van der Waals surface area contributed by atoms with Gasteiger partial charge in [0.2, 0.25) is 15.7 Å². The van der Waals surface area contributed by atoms with Crippen molar-refractivity contribution in [2.45, 2.75) is 25.7 Å². The Hall–Kier alpha value is -2.53. The SMILES string of the molecule is Cc1nn(C)c(C)c1S(=O)(=O)N1CCN(c2nccn3c(C)nnc23)CC1. The normalized spacial score (nSPS) is 16.4. The summed E-state index contributed by atoms with van der Waals surface area (Å²) in [7, 11) is -1.82. The molecule has 1 aliphatic rings. The second-order valence-corrected chi connectivity index (χ2v) is 8.58. The first-order chi connectivity index (χ1) is 12.8. The van der Waals surface area contributed by atoms with Crippen LogP contribution in [0.15, 0.2) is 17.3 Å². The number of sulfonamides is 1. The molecule has 0 radical (unpaired) electrons. The Bertz CT molecular complexity index is 1110. The minimum atomic E-state index is -3.58. The molecule has 0 bridgehead atoms. The van der Waals surface area contributed by atoms with Crippen LogP contribution in [-0.2, 0) is 17.1 Å². The molecule has 0 aromatic carbocycles. The van der Waals surface area contributed by atoms with E-state index < -0.39 is 10.0 Å². The van der Waals surface area contributed by atoms with E-state index in [1.807, 2.05) is 17.5 Å². The molecule has 0 spiro atoms. The second-order valence-electron chi connectivity index (χ2n) is 6.71. The van der Waals surface area contributed by atoms with Crippen molar-refractivity contribution in [1.82, 2.24) is 33.7 Å². The predicted octanol–water partition coefficient (Wildman–Crippen LogP) is 0.294. The van der Waals surface area contributed by atoms with Gasteiger partial charge in [0.15, 0.2) is 5.82 Å². The molecule has 10 nitrogen and oxygen atoms in total. The van der Waals surface area contributed by atoms with Crippen molar-refractivity contribution in [2.75, 3.05) is 31.1 Å². The summed E-state index contributed by atoms with van der Waals surface area (Å²) < 4.78 is 31.2. The topological polar surface area (TPSA) is 102 Å². The third kappa shape index (κ3) is 2.77. The molecule has 0 saturated carbocycles. The van der Waals surface area contributed by atoms with E-state index in [0.717, 1.165) is 11.6 Å². The molecule has 1 fully saturated rings. The average Bonchev–Trinajstić information content (AvgIpc) is 3.14. The third-order valence-corrected chi connectivity index (χ3v) is 7.21. The van der Waals surface area contributed by atoms with Crippen molar-refractivity contribution < 1.29 is 8.42 Å². The van der Waals surface area contributed by atoms with Crippen LogP contribution in [0.2, 0.25) is 0 Å². The van der Waals surface area contributed by atoms with E-state index in [1.54, 1.807) is 31.8 Å². The molecule has 11 heteroatoms. The highest BCUT2D eigenvalue weighted by molar-refractivity contribution is 7.89. The van der Waals surface area contributed by atoms with E-state index in [1.165, 1.54) is 4.31 Å². The number of anilines is 1. The van der Waals surface area contributed by atoms with Gasteiger partial charge in [-0.1, -0.05) is 0 Å². The summed E-state index contributed by atoms with van der Waals surface area (Å²) in [6, 6.07) is 0. The van der Waals surface area contributed by atoms with Gasteiger partial charge in [-0.15, -0.1) is 10.2 Å². The lowest BCUT2D eigenvalue weighted by Crippen LogP contribution is -2.49. The lowest BCUT2D eigenvalue weighted by atomic mass is 10.3. The number of aryl methyl sites for hydroxylation is 3. The van der Waals surface area contributed by atoms with Crippen molar-refractivity contribution in [1.29, 1.82) is 0 Å². The molecule has 4 rings (SSSR count). The number of fused-ring (bicyclic) bond motifs is 1. The summed E-state index contributed by atoms with van der Waals surface area (Å²) in [4.78, 5) is 6.81. The van der Waals surface area contributed by atoms with E-state index in [2.05, 4.69) is 25.2 Å². The Morgan fingerprint density at radius 2 is 1.74 bits per heavy atom. The summed E-state index contributed by atoms with van der Waals surface area (Å²) in [5.74, 6) is 1.52. The number of hydrogen-bond acceptors (Lipinski definition) is 7. The van der Waals surface area contributed by atoms with Gasteiger partial charge in [0.25, 0.3) is 0 Å². The largest absolute Gasteiger partial charge is 0.351 e. The Balaban J connectivity index is 1.58. The maximum absolute atomic E-state index is 13.1. The third-order valence-electron chi connectivity index (χ3n) is 5.06. The average molecular weight is 390 g/mol. The molecule has 0 amide bonds. The van der Waals surface area contributed by atoms with Gasteiger partial charge in [-0.2, -0.15) is 9.40 Å². The summed E-state index contributed by atoms with van der Waals surface area (Å²) in [6.45, 7) is 7.23. The van der Waals surface area contributed by atoms with Gasteiger partial charge in [-0.05, 0) is 20.8 Å². The standard InChI is InChI=1S/C16H22N8O2S/c1-11-14(12(2)21(4)20-11)27(25,26)23-9-7-22(8-10-23)15-16-19-18-13(3)24(16)6-5-17-15/h5-6H,7-10H2,1-4H3. The van der Waals surface area contributed by atoms with Gasteiger partial charge >= 0.3 is 0 Å². The molecular weight excluding hydrogens is 368 g/mol. The lowest BCUT2D eigenvalue weighted by Gasteiger charge is -2.34. The van der Waals surface area contributed by atoms with Crippen LogP contribution in [0.5, 0.6) is 0 Å². The fourth-order valence-electron chi connectivity index (χ4n) is 3.55. The number of hydrogen-bond donors (Lipinski definition) is 0. The first-order valence-electron chi connectivity index (χ1n) is 8.72. The Morgan fingerprint density at radius 3 is 2.37 bits per heavy atom. The molecule has 1 aliphatic heterocycles. The molecule has 0 N–H and O–H groups in total. The van der Waals surface area contributed by atoms with Crippen molar-refractivity contribution in [3.8, 4) is 0 Å². The maximum Gasteiger partial charge on any atom is 0.246 e. The fraction of sp³-hybridized carbons (Fsp3) is 0.500. The van der Waals surface area contributed by atoms with Crippen molar-refractivity contribution in [3.63, 3.8) is 0 Å². The number of rotatable bonds is 3. The smallest absolute Gasteiger partial charge is 0.246 e. The first kappa shape index (κ1) is 17.9. The predicted molar refractivity (Wildman–Crippen MR) is 99.2 cm³/mol. The van der Waals surface area contributed by atoms with Crippen LogP contribution < -0.4 is 4.90 Å². The molecule has 3 aromatic rings. The Kier molecular flexibility index (Phi) is 4.15. The summed E-state index contributed by atoms with van der Waals surface area (Å²) in [5.41, 5.74) is 1.87. The minimum absolute atomic E-state index is 0.312. The van der Waals surface area contributed by atoms with Crippen LogP contribution in [0.25, 0.3) is 5.65 Å². The molecule has 0 aliphatic carbocycles. The van der Waals surface area contributed by atoms with E-state index in [4.69, 9.17) is 0 Å². The van der Waals surface area contributed by atoms with Crippen molar-refractivity contribution in [2.24, 2.45) is 7.05 Å². The molecule has 4 heterocycles. The Labute approximate surface area is 157 Å². The van der Waals surface area contributed by atoms with Gasteiger partial charge < -0.3 is 4.90 Å². The summed E-state index contributed by atoms with van der Waals surface area (Å²) in [6.07, 6.45) is 3.53. The first-order valence-corrected chi connectivity index (χ1v) is 10.2. The van der Waals surface area contributed by atoms with E-state index in [-0.39, 0.29) is 0 Å². The van der Waals surface area contributed by atoms with Gasteiger partial charge in [-0.3, -0.25) is 9.08 Å². The van der Waals surface area contributed by atoms with Gasteiger partial charge in [-0.25, -0.2) is 13.4 Å². The van der Waals surface area contributed by atoms with Crippen LogP contribution in [0.1, 0.15) is 17.2 Å². The van der Waals surface area contributed by atoms with Crippen LogP contribution >= 0.6 is 0 Å². The van der Waals surface area contributed by atoms with E-state index >= 15 is 0 Å². The number of piperazine rings is 1. The van der Waals surface area contributed by atoms with Gasteiger partial charge in [0.1, 0.15) is 10.7 Å². The van der Waals surface area contributed by atoms with E-state index in [0.29, 0.717) is 48.1 Å². The lowest BCUT2D eigenvalue weighted by molar-refractivity contribution is 0.383. The molecule has 0 unspecified atom stereocenters. The monoisotopic (exact) mass is 390 g/mol. The molecule has 3 aromatic heterocycles. The highest BCUT2D eigenvalue weighted by atomic mass is 32.2. The van der Waals surface area contributed by atoms with Crippen molar-refractivity contribution in [3.05, 3.63) is 29.6 Å². The summed E-state index contributed by atoms with van der Waals surface area (Å²) in [5, 5.41) is 12.5. The number of aromatic nitrogens is 6. The van der Waals surface area contributed by atoms with Gasteiger partial charge in [0, 0.05) is 45.6 Å². The zero-order valence-electron chi connectivity index (χ0n) is 15.8. The number of nitrogens with zero attached hydrogens (tertiary/aromatic N) is 8. The second kappa shape index (κ2) is 6.27. The minimum Gasteiger partial charge on any atom is -0.351 e. The van der Waals surface area contributed by atoms with Crippen LogP contribution in [0.3, 0.4) is 0 Å². The quantitative estimate of drug-likeness (QED) is 0.634. The zero-order chi connectivity index (χ0) is 19.3. The summed E-state index contributed by atoms with van der Waals surface area (Å²) >= 11 is 0. The molecule has 27 heavy (non-hydrogen) atoms. The molecular formula is C16H22N8O2S. The highest BCUT2D eigenvalue weighted by Crippen LogP contribution is 2.25. The van der Waals surface area contributed by atoms with Crippen LogP contribution in [0, 0.1) is 20.8 Å². The van der Waals surface area contributed by atoms with Crippen LogP contribution in [-0.4, -0.2) is 68.3 Å². The van der Waals surface area contributed by atoms with Gasteiger partial charge in [0.05, 0.1) is 11.4 Å². The molecule has 1 saturated heterocycles. The van der Waals surface area contributed by atoms with Crippen LogP contribution in [0.4, 0.5) is 5.82 Å². The molecule has 0 atom stereocenters. The highest BCUT2D eigenvalue weighted by Gasteiger charge is 2.33. The van der Waals surface area contributed by atoms with Crippen molar-refractivity contribution >= 4 is 21.5 Å². The van der Waals surface area contributed by atoms with E-state index in [9.17, 15) is 8.42 Å². The fourth-order valence-corrected chi connectivity index (χ4v) is 5.37. The Morgan fingerprint density at radius 1 is 1.04 bits per heavy atom. The molecule has 144 valence electrons. The zero-order valence-corrected chi connectivity index (χ0v) is 16.6.